The van der Waals surface area contributed by atoms with Crippen molar-refractivity contribution in [1.82, 2.24) is 4.98 Å². The van der Waals surface area contributed by atoms with Gasteiger partial charge < -0.3 is 10.5 Å². The molecule has 1 aliphatic heterocycles. The summed E-state index contributed by atoms with van der Waals surface area (Å²) in [6.07, 6.45) is 1.07. The second-order valence-electron chi connectivity index (χ2n) is 4.09. The highest BCUT2D eigenvalue weighted by atomic mass is 32.1. The van der Waals surface area contributed by atoms with Crippen molar-refractivity contribution in [2.75, 3.05) is 13.2 Å². The van der Waals surface area contributed by atoms with Crippen molar-refractivity contribution < 1.29 is 4.74 Å². The van der Waals surface area contributed by atoms with E-state index in [1.807, 2.05) is 6.92 Å². The van der Waals surface area contributed by atoms with Gasteiger partial charge in [-0.05, 0) is 13.3 Å². The van der Waals surface area contributed by atoms with Crippen LogP contribution >= 0.6 is 11.3 Å². The molecule has 1 aliphatic rings. The summed E-state index contributed by atoms with van der Waals surface area (Å²) in [5.41, 5.74) is 6.86. The van der Waals surface area contributed by atoms with E-state index in [-0.39, 0.29) is 5.41 Å². The minimum Gasteiger partial charge on any atom is -0.380 e. The van der Waals surface area contributed by atoms with Crippen LogP contribution in [-0.4, -0.2) is 18.2 Å². The van der Waals surface area contributed by atoms with Gasteiger partial charge in [-0.25, -0.2) is 4.98 Å². The Bertz CT molecular complexity index is 329. The maximum atomic E-state index is 5.64. The van der Waals surface area contributed by atoms with Gasteiger partial charge in [-0.3, -0.25) is 0 Å². The molecule has 0 radical (unpaired) electrons. The number of ether oxygens (including phenoxy) is 1. The summed E-state index contributed by atoms with van der Waals surface area (Å²) in [7, 11) is 0. The molecule has 0 spiro atoms. The molecule has 0 bridgehead atoms. The quantitative estimate of drug-likeness (QED) is 0.810. The summed E-state index contributed by atoms with van der Waals surface area (Å²) >= 11 is 1.74. The molecule has 1 unspecified atom stereocenters. The van der Waals surface area contributed by atoms with Crippen molar-refractivity contribution in [3.8, 4) is 0 Å². The van der Waals surface area contributed by atoms with Crippen LogP contribution in [0.2, 0.25) is 0 Å². The fourth-order valence-corrected chi connectivity index (χ4v) is 2.81. The molecule has 1 saturated heterocycles. The maximum Gasteiger partial charge on any atom is 0.101 e. The van der Waals surface area contributed by atoms with Crippen molar-refractivity contribution in [1.29, 1.82) is 0 Å². The molecule has 0 aliphatic carbocycles. The van der Waals surface area contributed by atoms with E-state index in [9.17, 15) is 0 Å². The number of aromatic nitrogens is 1. The fourth-order valence-electron chi connectivity index (χ4n) is 1.71. The van der Waals surface area contributed by atoms with Crippen molar-refractivity contribution in [2.24, 2.45) is 5.73 Å². The predicted octanol–water partition coefficient (Wildman–Crippen LogP) is 1.59. The SMILES string of the molecule is Cc1nc(C2(C)CCOC2)sc1CN. The van der Waals surface area contributed by atoms with E-state index in [1.165, 1.54) is 9.88 Å². The van der Waals surface area contributed by atoms with E-state index >= 15 is 0 Å². The fraction of sp³-hybridized carbons (Fsp3) is 0.700. The molecule has 0 saturated carbocycles. The van der Waals surface area contributed by atoms with Gasteiger partial charge in [-0.2, -0.15) is 0 Å². The van der Waals surface area contributed by atoms with E-state index in [2.05, 4.69) is 11.9 Å². The predicted molar refractivity (Wildman–Crippen MR) is 57.5 cm³/mol. The molecule has 1 aromatic heterocycles. The Kier molecular flexibility index (Phi) is 2.60. The summed E-state index contributed by atoms with van der Waals surface area (Å²) < 4.78 is 5.43. The molecule has 2 heterocycles. The molecule has 1 fully saturated rings. The van der Waals surface area contributed by atoms with Gasteiger partial charge in [0.05, 0.1) is 12.3 Å². The van der Waals surface area contributed by atoms with Gasteiger partial charge in [0.15, 0.2) is 0 Å². The number of hydrogen-bond donors (Lipinski definition) is 1. The molecule has 78 valence electrons. The van der Waals surface area contributed by atoms with E-state index < -0.39 is 0 Å². The van der Waals surface area contributed by atoms with E-state index in [0.29, 0.717) is 6.54 Å². The van der Waals surface area contributed by atoms with Crippen LogP contribution in [0.1, 0.15) is 28.9 Å². The minimum absolute atomic E-state index is 0.128. The normalized spacial score (nSPS) is 27.1. The molecule has 0 aromatic carbocycles. The Morgan fingerprint density at radius 1 is 1.64 bits per heavy atom. The first-order valence-electron chi connectivity index (χ1n) is 4.90. The van der Waals surface area contributed by atoms with Gasteiger partial charge >= 0.3 is 0 Å². The highest BCUT2D eigenvalue weighted by molar-refractivity contribution is 7.11. The Morgan fingerprint density at radius 3 is 2.93 bits per heavy atom. The van der Waals surface area contributed by atoms with Gasteiger partial charge in [0.2, 0.25) is 0 Å². The van der Waals surface area contributed by atoms with E-state index in [1.54, 1.807) is 11.3 Å². The lowest BCUT2D eigenvalue weighted by Gasteiger charge is -2.17. The summed E-state index contributed by atoms with van der Waals surface area (Å²) in [5, 5.41) is 1.19. The summed E-state index contributed by atoms with van der Waals surface area (Å²) in [5.74, 6) is 0. The van der Waals surface area contributed by atoms with Crippen molar-refractivity contribution in [2.45, 2.75) is 32.2 Å². The van der Waals surface area contributed by atoms with Gasteiger partial charge in [-0.15, -0.1) is 11.3 Å². The van der Waals surface area contributed by atoms with Crippen LogP contribution in [0.25, 0.3) is 0 Å². The lowest BCUT2D eigenvalue weighted by atomic mass is 9.91. The van der Waals surface area contributed by atoms with Crippen molar-refractivity contribution >= 4 is 11.3 Å². The number of rotatable bonds is 2. The zero-order valence-corrected chi connectivity index (χ0v) is 9.49. The van der Waals surface area contributed by atoms with Crippen LogP contribution in [0.3, 0.4) is 0 Å². The van der Waals surface area contributed by atoms with Crippen LogP contribution in [-0.2, 0) is 16.7 Å². The topological polar surface area (TPSA) is 48.1 Å². The standard InChI is InChI=1S/C10H16N2OS/c1-7-8(5-11)14-9(12-7)10(2)3-4-13-6-10/h3-6,11H2,1-2H3. The van der Waals surface area contributed by atoms with E-state index in [0.717, 1.165) is 25.3 Å². The average molecular weight is 212 g/mol. The van der Waals surface area contributed by atoms with Gasteiger partial charge in [0.1, 0.15) is 5.01 Å². The summed E-state index contributed by atoms with van der Waals surface area (Å²) in [6.45, 7) is 6.50. The lowest BCUT2D eigenvalue weighted by Crippen LogP contribution is -2.21. The molecule has 1 atom stereocenters. The molecule has 2 N–H and O–H groups in total. The van der Waals surface area contributed by atoms with Crippen molar-refractivity contribution in [3.63, 3.8) is 0 Å². The van der Waals surface area contributed by atoms with Crippen LogP contribution in [0.5, 0.6) is 0 Å². The van der Waals surface area contributed by atoms with Crippen LogP contribution in [0.4, 0.5) is 0 Å². The first kappa shape index (κ1) is 10.1. The van der Waals surface area contributed by atoms with E-state index in [4.69, 9.17) is 10.5 Å². The molecule has 0 amide bonds. The number of nitrogens with zero attached hydrogens (tertiary/aromatic N) is 1. The maximum absolute atomic E-state index is 5.64. The number of thiazole rings is 1. The van der Waals surface area contributed by atoms with Gasteiger partial charge in [-0.1, -0.05) is 6.92 Å². The highest BCUT2D eigenvalue weighted by Crippen LogP contribution is 2.36. The third kappa shape index (κ3) is 1.58. The Hall–Kier alpha value is -0.450. The molecule has 3 nitrogen and oxygen atoms in total. The first-order valence-corrected chi connectivity index (χ1v) is 5.72. The Labute approximate surface area is 88.3 Å². The van der Waals surface area contributed by atoms with Crippen LogP contribution < -0.4 is 5.73 Å². The van der Waals surface area contributed by atoms with Crippen LogP contribution in [0.15, 0.2) is 0 Å². The molecular weight excluding hydrogens is 196 g/mol. The minimum atomic E-state index is 0.128. The third-order valence-electron chi connectivity index (χ3n) is 2.81. The third-order valence-corrected chi connectivity index (χ3v) is 4.30. The number of nitrogens with two attached hydrogens (primary N) is 1. The summed E-state index contributed by atoms with van der Waals surface area (Å²) in [4.78, 5) is 5.80. The smallest absolute Gasteiger partial charge is 0.101 e. The molecule has 1 aromatic rings. The van der Waals surface area contributed by atoms with Gasteiger partial charge in [0.25, 0.3) is 0 Å². The van der Waals surface area contributed by atoms with Crippen molar-refractivity contribution in [3.05, 3.63) is 15.6 Å². The monoisotopic (exact) mass is 212 g/mol. The Balaban J connectivity index is 2.31. The number of hydrogen-bond acceptors (Lipinski definition) is 4. The average Bonchev–Trinajstić information content (AvgIpc) is 2.73. The highest BCUT2D eigenvalue weighted by Gasteiger charge is 2.34. The lowest BCUT2D eigenvalue weighted by molar-refractivity contribution is 0.180. The molecule has 4 heteroatoms. The zero-order valence-electron chi connectivity index (χ0n) is 8.67. The second-order valence-corrected chi connectivity index (χ2v) is 5.18. The second kappa shape index (κ2) is 3.61. The molecule has 14 heavy (non-hydrogen) atoms. The first-order chi connectivity index (χ1) is 6.65. The molecular formula is C10H16N2OS. The van der Waals surface area contributed by atoms with Gasteiger partial charge in [0, 0.05) is 23.4 Å². The Morgan fingerprint density at radius 2 is 2.43 bits per heavy atom. The summed E-state index contributed by atoms with van der Waals surface area (Å²) in [6, 6.07) is 0. The van der Waals surface area contributed by atoms with Crippen LogP contribution in [0, 0.1) is 6.92 Å². The number of aryl methyl sites for hydroxylation is 1. The largest absolute Gasteiger partial charge is 0.380 e. The molecule has 2 rings (SSSR count). The zero-order chi connectivity index (χ0) is 10.2.